The molecule has 6 N–H and O–H groups in total. The van der Waals surface area contributed by atoms with Gasteiger partial charge in [0, 0.05) is 12.1 Å². The maximum atomic E-state index is 10.9. The van der Waals surface area contributed by atoms with Gasteiger partial charge in [0.2, 0.25) is 5.96 Å². The number of guanidine groups is 2. The van der Waals surface area contributed by atoms with Gasteiger partial charge >= 0.3 is 0 Å². The molecular formula is C10H14N6O3. The van der Waals surface area contributed by atoms with Crippen LogP contribution in [0.5, 0.6) is 5.75 Å². The molecule has 0 fully saturated rings. The van der Waals surface area contributed by atoms with Gasteiger partial charge in [-0.1, -0.05) is 0 Å². The molecule has 0 bridgehead atoms. The third kappa shape index (κ3) is 4.15. The molecule has 0 atom stereocenters. The first-order chi connectivity index (χ1) is 8.93. The number of ether oxygens (including phenoxy) is 1. The highest BCUT2D eigenvalue weighted by Crippen LogP contribution is 2.31. The maximum absolute atomic E-state index is 10.9. The van der Waals surface area contributed by atoms with Crippen molar-refractivity contribution in [3.63, 3.8) is 0 Å². The smallest absolute Gasteiger partial charge is 0.295 e. The van der Waals surface area contributed by atoms with Crippen LogP contribution in [0.1, 0.15) is 6.92 Å². The lowest BCUT2D eigenvalue weighted by Crippen LogP contribution is -2.26. The van der Waals surface area contributed by atoms with E-state index < -0.39 is 4.92 Å². The number of nitrogens with zero attached hydrogens (tertiary/aromatic N) is 3. The minimum atomic E-state index is -0.586. The summed E-state index contributed by atoms with van der Waals surface area (Å²) < 4.78 is 5.23. The molecular weight excluding hydrogens is 252 g/mol. The van der Waals surface area contributed by atoms with Crippen molar-refractivity contribution in [3.8, 4) is 5.75 Å². The van der Waals surface area contributed by atoms with Gasteiger partial charge in [-0.2, -0.15) is 4.99 Å². The molecule has 0 spiro atoms. The lowest BCUT2D eigenvalue weighted by molar-refractivity contribution is -0.384. The predicted octanol–water partition coefficient (Wildman–Crippen LogP) is 0.213. The molecule has 1 aromatic rings. The molecule has 0 amide bonds. The first-order valence-electron chi connectivity index (χ1n) is 5.29. The highest BCUT2D eigenvalue weighted by molar-refractivity contribution is 5.94. The first kappa shape index (κ1) is 14.2. The first-order valence-corrected chi connectivity index (χ1v) is 5.29. The molecule has 0 aliphatic heterocycles. The van der Waals surface area contributed by atoms with Gasteiger partial charge in [-0.15, -0.1) is 0 Å². The zero-order valence-electron chi connectivity index (χ0n) is 10.2. The molecule has 0 aliphatic rings. The summed E-state index contributed by atoms with van der Waals surface area (Å²) in [6.45, 7) is 2.21. The molecule has 0 unspecified atom stereocenters. The highest BCUT2D eigenvalue weighted by atomic mass is 16.6. The van der Waals surface area contributed by atoms with Crippen LogP contribution in [-0.2, 0) is 0 Å². The number of nitro benzene ring substituents is 1. The second-order valence-electron chi connectivity index (χ2n) is 3.35. The zero-order chi connectivity index (χ0) is 14.4. The van der Waals surface area contributed by atoms with Crippen molar-refractivity contribution in [3.05, 3.63) is 28.3 Å². The molecule has 0 heterocycles. The van der Waals surface area contributed by atoms with Crippen molar-refractivity contribution in [2.45, 2.75) is 6.92 Å². The van der Waals surface area contributed by atoms with Crippen LogP contribution in [0, 0.1) is 10.1 Å². The van der Waals surface area contributed by atoms with Gasteiger partial charge in [0.25, 0.3) is 5.69 Å². The largest absolute Gasteiger partial charge is 0.494 e. The van der Waals surface area contributed by atoms with Gasteiger partial charge in [0.1, 0.15) is 11.4 Å². The monoisotopic (exact) mass is 266 g/mol. The van der Waals surface area contributed by atoms with Crippen LogP contribution in [0.2, 0.25) is 0 Å². The van der Waals surface area contributed by atoms with Crippen LogP contribution in [-0.4, -0.2) is 23.4 Å². The summed E-state index contributed by atoms with van der Waals surface area (Å²) >= 11 is 0. The normalized spacial score (nSPS) is 10.9. The van der Waals surface area contributed by atoms with E-state index in [0.29, 0.717) is 12.4 Å². The molecule has 9 nitrogen and oxygen atoms in total. The number of nitrogens with two attached hydrogens (primary N) is 3. The third-order valence-electron chi connectivity index (χ3n) is 1.93. The van der Waals surface area contributed by atoms with Crippen LogP contribution in [0.4, 0.5) is 11.4 Å². The fourth-order valence-electron chi connectivity index (χ4n) is 1.28. The number of rotatable bonds is 4. The summed E-state index contributed by atoms with van der Waals surface area (Å²) in [5, 5.41) is 10.9. The zero-order valence-corrected chi connectivity index (χ0v) is 10.2. The minimum Gasteiger partial charge on any atom is -0.494 e. The van der Waals surface area contributed by atoms with E-state index in [-0.39, 0.29) is 23.3 Å². The van der Waals surface area contributed by atoms with E-state index in [1.165, 1.54) is 18.2 Å². The summed E-state index contributed by atoms with van der Waals surface area (Å²) in [6.07, 6.45) is 0. The van der Waals surface area contributed by atoms with Crippen LogP contribution in [0.15, 0.2) is 28.2 Å². The minimum absolute atomic E-state index is 0.0125. The Balaban J connectivity index is 3.25. The predicted molar refractivity (Wildman–Crippen MR) is 71.4 cm³/mol. The van der Waals surface area contributed by atoms with E-state index in [4.69, 9.17) is 21.9 Å². The Morgan fingerprint density at radius 3 is 2.63 bits per heavy atom. The number of benzene rings is 1. The van der Waals surface area contributed by atoms with Crippen molar-refractivity contribution < 1.29 is 9.66 Å². The van der Waals surface area contributed by atoms with Crippen molar-refractivity contribution in [1.29, 1.82) is 0 Å². The summed E-state index contributed by atoms with van der Waals surface area (Å²) in [7, 11) is 0. The molecule has 102 valence electrons. The molecule has 19 heavy (non-hydrogen) atoms. The average Bonchev–Trinajstić information content (AvgIpc) is 2.27. The number of aliphatic imine (C=N–C) groups is 2. The van der Waals surface area contributed by atoms with Gasteiger partial charge < -0.3 is 21.9 Å². The van der Waals surface area contributed by atoms with E-state index in [0.717, 1.165) is 0 Å². The molecule has 0 saturated heterocycles. The molecule has 1 aromatic carbocycles. The van der Waals surface area contributed by atoms with Crippen LogP contribution < -0.4 is 21.9 Å². The summed E-state index contributed by atoms with van der Waals surface area (Å²) in [6, 6.07) is 4.13. The number of nitro groups is 1. The van der Waals surface area contributed by atoms with Gasteiger partial charge in [-0.25, -0.2) is 4.99 Å². The van der Waals surface area contributed by atoms with Gasteiger partial charge in [0.05, 0.1) is 11.5 Å². The summed E-state index contributed by atoms with van der Waals surface area (Å²) in [5.41, 5.74) is 15.5. The molecule has 1 rings (SSSR count). The van der Waals surface area contributed by atoms with Crippen molar-refractivity contribution in [1.82, 2.24) is 0 Å². The van der Waals surface area contributed by atoms with Crippen LogP contribution >= 0.6 is 0 Å². The second kappa shape index (κ2) is 6.19. The molecule has 0 radical (unpaired) electrons. The number of hydrogen-bond acceptors (Lipinski definition) is 4. The van der Waals surface area contributed by atoms with Crippen molar-refractivity contribution in [2.75, 3.05) is 6.61 Å². The average molecular weight is 266 g/mol. The van der Waals surface area contributed by atoms with E-state index >= 15 is 0 Å². The Kier molecular flexibility index (Phi) is 4.63. The van der Waals surface area contributed by atoms with Gasteiger partial charge in [0.15, 0.2) is 5.96 Å². The Bertz CT molecular complexity index is 536. The third-order valence-corrected chi connectivity index (χ3v) is 1.93. The molecule has 0 saturated carbocycles. The fraction of sp³-hybridized carbons (Fsp3) is 0.200. The Labute approximate surface area is 108 Å². The van der Waals surface area contributed by atoms with E-state index in [9.17, 15) is 10.1 Å². The summed E-state index contributed by atoms with van der Waals surface area (Å²) in [4.78, 5) is 17.6. The Morgan fingerprint density at radius 1 is 1.42 bits per heavy atom. The van der Waals surface area contributed by atoms with Crippen molar-refractivity contribution >= 4 is 23.3 Å². The Morgan fingerprint density at radius 2 is 2.11 bits per heavy atom. The topological polar surface area (TPSA) is 155 Å². The fourth-order valence-corrected chi connectivity index (χ4v) is 1.28. The van der Waals surface area contributed by atoms with Crippen LogP contribution in [0.3, 0.4) is 0 Å². The molecule has 0 aromatic heterocycles. The molecule has 9 heteroatoms. The maximum Gasteiger partial charge on any atom is 0.295 e. The van der Waals surface area contributed by atoms with E-state index in [2.05, 4.69) is 9.98 Å². The standard InChI is InChI=1S/C10H14N6O3/c1-2-19-6-3-4-8(16(17)18)7(5-6)14-10(13)15-9(11)12/h3-5H,2H2,1H3,(H6,11,12,13,14,15). The molecule has 0 aliphatic carbocycles. The SMILES string of the molecule is CCOc1ccc([N+](=O)[O-])c(N=C(N)N=C(N)N)c1. The quantitative estimate of drug-likeness (QED) is 0.306. The van der Waals surface area contributed by atoms with Crippen LogP contribution in [0.25, 0.3) is 0 Å². The lowest BCUT2D eigenvalue weighted by Gasteiger charge is -2.04. The summed E-state index contributed by atoms with van der Waals surface area (Å²) in [5.74, 6) is -0.133. The lowest BCUT2D eigenvalue weighted by atomic mass is 10.2. The number of hydrogen-bond donors (Lipinski definition) is 3. The highest BCUT2D eigenvalue weighted by Gasteiger charge is 2.14. The van der Waals surface area contributed by atoms with E-state index in [1.807, 2.05) is 0 Å². The van der Waals surface area contributed by atoms with Gasteiger partial charge in [-0.3, -0.25) is 10.1 Å². The van der Waals surface area contributed by atoms with Crippen molar-refractivity contribution in [2.24, 2.45) is 27.2 Å². The van der Waals surface area contributed by atoms with E-state index in [1.54, 1.807) is 6.92 Å². The second-order valence-corrected chi connectivity index (χ2v) is 3.35. The van der Waals surface area contributed by atoms with Gasteiger partial charge in [-0.05, 0) is 13.0 Å². The Hall–Kier alpha value is -2.84.